The van der Waals surface area contributed by atoms with E-state index in [1.165, 1.54) is 32.7 Å². The summed E-state index contributed by atoms with van der Waals surface area (Å²) in [7, 11) is -1.94. The Labute approximate surface area is 143 Å². The van der Waals surface area contributed by atoms with Crippen molar-refractivity contribution in [2.24, 2.45) is 7.05 Å². The van der Waals surface area contributed by atoms with Crippen LogP contribution in [0.2, 0.25) is 0 Å². The third-order valence-electron chi connectivity index (χ3n) is 3.45. The summed E-state index contributed by atoms with van der Waals surface area (Å²) in [6.07, 6.45) is 0. The van der Waals surface area contributed by atoms with E-state index in [0.29, 0.717) is 5.82 Å². The van der Waals surface area contributed by atoms with Crippen LogP contribution in [-0.2, 0) is 23.6 Å². The van der Waals surface area contributed by atoms with Gasteiger partial charge in [-0.05, 0) is 23.6 Å². The number of aromatic nitrogens is 3. The van der Waals surface area contributed by atoms with E-state index in [9.17, 15) is 13.2 Å². The molecule has 0 radical (unpaired) electrons. The van der Waals surface area contributed by atoms with Crippen LogP contribution in [0.3, 0.4) is 0 Å². The molecular weight excluding hydrogens is 348 g/mol. The van der Waals surface area contributed by atoms with Crippen molar-refractivity contribution in [2.45, 2.75) is 11.4 Å². The van der Waals surface area contributed by atoms with Gasteiger partial charge in [-0.2, -0.15) is 0 Å². The summed E-state index contributed by atoms with van der Waals surface area (Å²) < 4.78 is 29.5. The molecule has 7 nitrogen and oxygen atoms in total. The molecule has 0 saturated carbocycles. The van der Waals surface area contributed by atoms with E-state index in [-0.39, 0.29) is 23.7 Å². The predicted octanol–water partition coefficient (Wildman–Crippen LogP) is 1.29. The molecule has 0 aliphatic rings. The second kappa shape index (κ2) is 6.71. The van der Waals surface area contributed by atoms with Crippen LogP contribution in [0, 0.1) is 0 Å². The zero-order valence-corrected chi connectivity index (χ0v) is 14.5. The molecule has 24 heavy (non-hydrogen) atoms. The Balaban J connectivity index is 1.72. The molecule has 126 valence electrons. The summed E-state index contributed by atoms with van der Waals surface area (Å²) in [5.41, 5.74) is -0.280. The summed E-state index contributed by atoms with van der Waals surface area (Å²) in [4.78, 5) is 13.3. The van der Waals surface area contributed by atoms with Gasteiger partial charge in [0.2, 0.25) is 10.0 Å². The van der Waals surface area contributed by atoms with Crippen molar-refractivity contribution in [1.82, 2.24) is 19.1 Å². The van der Waals surface area contributed by atoms with Gasteiger partial charge in [-0.25, -0.2) is 22.6 Å². The van der Waals surface area contributed by atoms with Crippen LogP contribution in [0.15, 0.2) is 57.5 Å². The topological polar surface area (TPSA) is 86.0 Å². The molecule has 3 aromatic rings. The molecule has 3 rings (SSSR count). The first-order valence-corrected chi connectivity index (χ1v) is 9.58. The molecule has 9 heteroatoms. The highest BCUT2D eigenvalue weighted by atomic mass is 32.2. The summed E-state index contributed by atoms with van der Waals surface area (Å²) in [6.45, 7) is 0.238. The number of thiophene rings is 1. The van der Waals surface area contributed by atoms with Gasteiger partial charge in [0.15, 0.2) is 5.82 Å². The lowest BCUT2D eigenvalue weighted by molar-refractivity contribution is 0.551. The normalized spacial score (nSPS) is 11.7. The van der Waals surface area contributed by atoms with Crippen molar-refractivity contribution in [1.29, 1.82) is 0 Å². The minimum atomic E-state index is -3.59. The molecule has 0 aliphatic carbocycles. The predicted molar refractivity (Wildman–Crippen MR) is 92.4 cm³/mol. The van der Waals surface area contributed by atoms with Crippen molar-refractivity contribution in [3.05, 3.63) is 58.3 Å². The monoisotopic (exact) mass is 364 g/mol. The molecule has 0 bridgehead atoms. The maximum atomic E-state index is 12.2. The van der Waals surface area contributed by atoms with Crippen molar-refractivity contribution in [3.8, 4) is 10.7 Å². The van der Waals surface area contributed by atoms with Gasteiger partial charge in [0, 0.05) is 13.6 Å². The number of rotatable bonds is 6. The Morgan fingerprint density at radius 3 is 2.58 bits per heavy atom. The lowest BCUT2D eigenvalue weighted by Gasteiger charge is -2.06. The van der Waals surface area contributed by atoms with Crippen molar-refractivity contribution in [2.75, 3.05) is 6.54 Å². The van der Waals surface area contributed by atoms with Gasteiger partial charge in [-0.3, -0.25) is 4.57 Å². The number of nitrogens with zero attached hydrogens (tertiary/aromatic N) is 3. The smallest absolute Gasteiger partial charge is 0.277 e. The molecule has 0 aliphatic heterocycles. The van der Waals surface area contributed by atoms with Crippen LogP contribution in [0.1, 0.15) is 0 Å². The van der Waals surface area contributed by atoms with Gasteiger partial charge >= 0.3 is 5.69 Å². The lowest BCUT2D eigenvalue weighted by Crippen LogP contribution is -2.31. The van der Waals surface area contributed by atoms with E-state index in [1.54, 1.807) is 25.2 Å². The Kier molecular flexibility index (Phi) is 4.65. The highest BCUT2D eigenvalue weighted by Gasteiger charge is 2.15. The number of nitrogens with one attached hydrogen (secondary N) is 1. The first-order chi connectivity index (χ1) is 11.5. The molecule has 2 heterocycles. The zero-order chi connectivity index (χ0) is 17.2. The fourth-order valence-corrected chi connectivity index (χ4v) is 4.01. The molecule has 0 spiro atoms. The first-order valence-electron chi connectivity index (χ1n) is 7.21. The molecule has 0 amide bonds. The van der Waals surface area contributed by atoms with Crippen molar-refractivity contribution < 1.29 is 8.42 Å². The zero-order valence-electron chi connectivity index (χ0n) is 12.9. The quantitative estimate of drug-likeness (QED) is 0.714. The maximum absolute atomic E-state index is 12.2. The molecule has 1 aromatic carbocycles. The van der Waals surface area contributed by atoms with Crippen LogP contribution in [0.25, 0.3) is 10.7 Å². The number of hydrogen-bond donors (Lipinski definition) is 1. The van der Waals surface area contributed by atoms with Crippen LogP contribution < -0.4 is 10.4 Å². The van der Waals surface area contributed by atoms with E-state index in [0.717, 1.165) is 4.88 Å². The SMILES string of the molecule is Cn1c(-c2cccs2)nn(CCNS(=O)(=O)c2ccccc2)c1=O. The van der Waals surface area contributed by atoms with Gasteiger partial charge in [0.25, 0.3) is 0 Å². The van der Waals surface area contributed by atoms with Crippen LogP contribution in [-0.4, -0.2) is 29.3 Å². The standard InChI is InChI=1S/C15H16N4O3S2/c1-18-14(13-8-5-11-23-13)17-19(15(18)20)10-9-16-24(21,22)12-6-3-2-4-7-12/h2-8,11,16H,9-10H2,1H3. The van der Waals surface area contributed by atoms with Gasteiger partial charge in [-0.15, -0.1) is 16.4 Å². The minimum Gasteiger partial charge on any atom is -0.277 e. The van der Waals surface area contributed by atoms with Crippen molar-refractivity contribution in [3.63, 3.8) is 0 Å². The highest BCUT2D eigenvalue weighted by molar-refractivity contribution is 7.89. The second-order valence-corrected chi connectivity index (χ2v) is 7.79. The third-order valence-corrected chi connectivity index (χ3v) is 5.79. The van der Waals surface area contributed by atoms with Crippen LogP contribution >= 0.6 is 11.3 Å². The second-order valence-electron chi connectivity index (χ2n) is 5.08. The average Bonchev–Trinajstić information content (AvgIpc) is 3.19. The lowest BCUT2D eigenvalue weighted by atomic mass is 10.4. The van der Waals surface area contributed by atoms with E-state index < -0.39 is 10.0 Å². The molecule has 1 N–H and O–H groups in total. The number of benzene rings is 1. The highest BCUT2D eigenvalue weighted by Crippen LogP contribution is 2.20. The number of hydrogen-bond acceptors (Lipinski definition) is 5. The Morgan fingerprint density at radius 2 is 1.92 bits per heavy atom. The van der Waals surface area contributed by atoms with E-state index in [2.05, 4.69) is 9.82 Å². The fourth-order valence-electron chi connectivity index (χ4n) is 2.22. The fraction of sp³-hybridized carbons (Fsp3) is 0.200. The van der Waals surface area contributed by atoms with E-state index in [4.69, 9.17) is 0 Å². The van der Waals surface area contributed by atoms with Crippen LogP contribution in [0.4, 0.5) is 0 Å². The largest absolute Gasteiger partial charge is 0.345 e. The summed E-state index contributed by atoms with van der Waals surface area (Å²) in [6, 6.07) is 11.9. The van der Waals surface area contributed by atoms with Gasteiger partial charge < -0.3 is 0 Å². The maximum Gasteiger partial charge on any atom is 0.345 e. The molecule has 0 unspecified atom stereocenters. The first kappa shape index (κ1) is 16.6. The summed E-state index contributed by atoms with van der Waals surface area (Å²) >= 11 is 1.49. The van der Waals surface area contributed by atoms with Gasteiger partial charge in [0.1, 0.15) is 0 Å². The minimum absolute atomic E-state index is 0.0814. The third kappa shape index (κ3) is 3.32. The van der Waals surface area contributed by atoms with Gasteiger partial charge in [0.05, 0.1) is 16.3 Å². The Morgan fingerprint density at radius 1 is 1.17 bits per heavy atom. The van der Waals surface area contributed by atoms with Gasteiger partial charge in [-0.1, -0.05) is 24.3 Å². The van der Waals surface area contributed by atoms with Crippen molar-refractivity contribution >= 4 is 21.4 Å². The van der Waals surface area contributed by atoms with Crippen LogP contribution in [0.5, 0.6) is 0 Å². The average molecular weight is 364 g/mol. The Hall–Kier alpha value is -2.23. The molecule has 0 saturated heterocycles. The van der Waals surface area contributed by atoms with E-state index in [1.807, 2.05) is 17.5 Å². The molecule has 2 aromatic heterocycles. The molecular formula is C15H16N4O3S2. The summed E-state index contributed by atoms with van der Waals surface area (Å²) in [5.74, 6) is 0.570. The summed E-state index contributed by atoms with van der Waals surface area (Å²) in [5, 5.41) is 6.20. The molecule has 0 atom stereocenters. The Bertz CT molecular complexity index is 974. The molecule has 0 fully saturated rings. The van der Waals surface area contributed by atoms with E-state index >= 15 is 0 Å². The number of sulfonamides is 1.